The topological polar surface area (TPSA) is 51.0 Å². The highest BCUT2D eigenvalue weighted by atomic mass is 79.9. The molecule has 0 saturated heterocycles. The van der Waals surface area contributed by atoms with Gasteiger partial charge in [0.2, 0.25) is 11.8 Å². The second-order valence-electron chi connectivity index (χ2n) is 3.87. The normalized spacial score (nSPS) is 10.8. The van der Waals surface area contributed by atoms with Gasteiger partial charge >= 0.3 is 0 Å². The van der Waals surface area contributed by atoms with Crippen molar-refractivity contribution in [3.63, 3.8) is 0 Å². The highest BCUT2D eigenvalue weighted by Crippen LogP contribution is 2.23. The zero-order valence-electron chi connectivity index (χ0n) is 9.91. The summed E-state index contributed by atoms with van der Waals surface area (Å²) in [5, 5.41) is 10.9. The van der Waals surface area contributed by atoms with E-state index < -0.39 is 0 Å². The lowest BCUT2D eigenvalue weighted by Crippen LogP contribution is -2.08. The minimum atomic E-state index is -0.339. The third kappa shape index (κ3) is 3.36. The average molecular weight is 314 g/mol. The van der Waals surface area contributed by atoms with Crippen molar-refractivity contribution >= 4 is 15.9 Å². The number of benzene rings is 1. The van der Waals surface area contributed by atoms with Gasteiger partial charge in [0.15, 0.2) is 0 Å². The van der Waals surface area contributed by atoms with Crippen LogP contribution in [0.5, 0.6) is 0 Å². The second kappa shape index (κ2) is 6.06. The first-order valence-electron chi connectivity index (χ1n) is 5.62. The molecule has 1 N–H and O–H groups in total. The quantitative estimate of drug-likeness (QED) is 0.862. The number of rotatable bonds is 5. The van der Waals surface area contributed by atoms with Gasteiger partial charge in [-0.25, -0.2) is 4.39 Å². The van der Waals surface area contributed by atoms with Crippen LogP contribution in [0.4, 0.5) is 4.39 Å². The van der Waals surface area contributed by atoms with Crippen molar-refractivity contribution in [2.45, 2.75) is 12.8 Å². The number of hydrogen-bond donors (Lipinski definition) is 1. The molecule has 0 aliphatic rings. The van der Waals surface area contributed by atoms with E-state index in [9.17, 15) is 4.39 Å². The van der Waals surface area contributed by atoms with Gasteiger partial charge in [0.1, 0.15) is 5.82 Å². The fraction of sp³-hybridized carbons (Fsp3) is 0.333. The maximum Gasteiger partial charge on any atom is 0.247 e. The molecule has 4 nitrogen and oxygen atoms in total. The van der Waals surface area contributed by atoms with Crippen LogP contribution in [0.25, 0.3) is 11.5 Å². The lowest BCUT2D eigenvalue weighted by molar-refractivity contribution is 0.494. The second-order valence-corrected chi connectivity index (χ2v) is 4.78. The van der Waals surface area contributed by atoms with Crippen LogP contribution in [-0.2, 0) is 6.42 Å². The van der Waals surface area contributed by atoms with Gasteiger partial charge in [-0.3, -0.25) is 0 Å². The number of nitrogens with zero attached hydrogens (tertiary/aromatic N) is 2. The standard InChI is InChI=1S/C12H13BrFN3O/c1-15-4-2-3-11-16-17-12(18-11)8-5-9(13)7-10(14)6-8/h5-7,15H,2-4H2,1H3. The zero-order chi connectivity index (χ0) is 13.0. The number of hydrogen-bond acceptors (Lipinski definition) is 4. The van der Waals surface area contributed by atoms with E-state index in [4.69, 9.17) is 4.42 Å². The van der Waals surface area contributed by atoms with E-state index >= 15 is 0 Å². The van der Waals surface area contributed by atoms with E-state index in [1.54, 1.807) is 6.07 Å². The lowest BCUT2D eigenvalue weighted by atomic mass is 10.2. The van der Waals surface area contributed by atoms with E-state index in [-0.39, 0.29) is 5.82 Å². The van der Waals surface area contributed by atoms with Crippen molar-refractivity contribution in [1.82, 2.24) is 15.5 Å². The minimum Gasteiger partial charge on any atom is -0.421 e. The molecule has 0 spiro atoms. The summed E-state index contributed by atoms with van der Waals surface area (Å²) < 4.78 is 19.4. The molecule has 0 atom stereocenters. The number of nitrogens with one attached hydrogen (secondary N) is 1. The van der Waals surface area contributed by atoms with Gasteiger partial charge in [-0.2, -0.15) is 0 Å². The Labute approximate surface area is 113 Å². The van der Waals surface area contributed by atoms with E-state index in [0.717, 1.165) is 13.0 Å². The van der Waals surface area contributed by atoms with Crippen LogP contribution in [0, 0.1) is 5.82 Å². The summed E-state index contributed by atoms with van der Waals surface area (Å²) in [5.74, 6) is 0.574. The molecule has 2 aromatic rings. The molecule has 1 aromatic carbocycles. The van der Waals surface area contributed by atoms with E-state index in [2.05, 4.69) is 31.4 Å². The van der Waals surface area contributed by atoms with Gasteiger partial charge in [0, 0.05) is 16.5 Å². The Hall–Kier alpha value is -1.27. The molecular formula is C12H13BrFN3O. The van der Waals surface area contributed by atoms with Gasteiger partial charge in [-0.15, -0.1) is 10.2 Å². The SMILES string of the molecule is CNCCCc1nnc(-c2cc(F)cc(Br)c2)o1. The summed E-state index contributed by atoms with van der Waals surface area (Å²) in [6.45, 7) is 0.892. The Bertz CT molecular complexity index is 510. The van der Waals surface area contributed by atoms with Crippen molar-refractivity contribution in [2.24, 2.45) is 0 Å². The number of aromatic nitrogens is 2. The molecule has 1 aromatic heterocycles. The van der Waals surface area contributed by atoms with Crippen molar-refractivity contribution in [3.05, 3.63) is 34.4 Å². The Morgan fingerprint density at radius 1 is 1.33 bits per heavy atom. The first-order chi connectivity index (χ1) is 8.69. The first kappa shape index (κ1) is 13.2. The molecule has 0 bridgehead atoms. The summed E-state index contributed by atoms with van der Waals surface area (Å²) in [7, 11) is 1.89. The summed E-state index contributed by atoms with van der Waals surface area (Å²) in [5.41, 5.74) is 0.578. The summed E-state index contributed by atoms with van der Waals surface area (Å²) >= 11 is 3.23. The minimum absolute atomic E-state index is 0.339. The molecule has 0 aliphatic heterocycles. The molecule has 0 amide bonds. The van der Waals surface area contributed by atoms with Crippen LogP contribution < -0.4 is 5.32 Å². The van der Waals surface area contributed by atoms with Gasteiger partial charge in [0.25, 0.3) is 0 Å². The van der Waals surface area contributed by atoms with Crippen molar-refractivity contribution in [1.29, 1.82) is 0 Å². The third-order valence-electron chi connectivity index (χ3n) is 2.39. The maximum atomic E-state index is 13.2. The van der Waals surface area contributed by atoms with E-state index in [1.165, 1.54) is 12.1 Å². The highest BCUT2D eigenvalue weighted by molar-refractivity contribution is 9.10. The maximum absolute atomic E-state index is 13.2. The molecule has 0 saturated carbocycles. The van der Waals surface area contributed by atoms with Crippen LogP contribution in [0.1, 0.15) is 12.3 Å². The average Bonchev–Trinajstić information content (AvgIpc) is 2.77. The molecule has 0 unspecified atom stereocenters. The predicted molar refractivity (Wildman–Crippen MR) is 69.6 cm³/mol. The van der Waals surface area contributed by atoms with E-state index in [0.29, 0.717) is 28.2 Å². The Kier molecular flexibility index (Phi) is 4.43. The summed E-state index contributed by atoms with van der Waals surface area (Å²) in [4.78, 5) is 0. The van der Waals surface area contributed by atoms with Gasteiger partial charge in [-0.1, -0.05) is 15.9 Å². The van der Waals surface area contributed by atoms with Crippen LogP contribution >= 0.6 is 15.9 Å². The Morgan fingerprint density at radius 3 is 2.89 bits per heavy atom. The van der Waals surface area contributed by atoms with Crippen LogP contribution in [0.3, 0.4) is 0 Å². The highest BCUT2D eigenvalue weighted by Gasteiger charge is 2.10. The van der Waals surface area contributed by atoms with E-state index in [1.807, 2.05) is 7.05 Å². The number of halogens is 2. The van der Waals surface area contributed by atoms with Crippen LogP contribution in [0.2, 0.25) is 0 Å². The molecular weight excluding hydrogens is 301 g/mol. The monoisotopic (exact) mass is 313 g/mol. The van der Waals surface area contributed by atoms with Crippen LogP contribution in [-0.4, -0.2) is 23.8 Å². The zero-order valence-corrected chi connectivity index (χ0v) is 11.5. The molecule has 2 rings (SSSR count). The van der Waals surface area contributed by atoms with Crippen molar-refractivity contribution in [2.75, 3.05) is 13.6 Å². The molecule has 96 valence electrons. The molecule has 18 heavy (non-hydrogen) atoms. The number of aryl methyl sites for hydroxylation is 1. The predicted octanol–water partition coefficient (Wildman–Crippen LogP) is 2.79. The van der Waals surface area contributed by atoms with Gasteiger partial charge < -0.3 is 9.73 Å². The summed E-state index contributed by atoms with van der Waals surface area (Å²) in [6, 6.07) is 4.50. The molecule has 6 heteroatoms. The van der Waals surface area contributed by atoms with Crippen molar-refractivity contribution < 1.29 is 8.81 Å². The molecule has 0 fully saturated rings. The van der Waals surface area contributed by atoms with Crippen molar-refractivity contribution in [3.8, 4) is 11.5 Å². The Morgan fingerprint density at radius 2 is 2.17 bits per heavy atom. The van der Waals surface area contributed by atoms with Crippen LogP contribution in [0.15, 0.2) is 27.1 Å². The van der Waals surface area contributed by atoms with Gasteiger partial charge in [-0.05, 0) is 38.2 Å². The first-order valence-corrected chi connectivity index (χ1v) is 6.42. The largest absolute Gasteiger partial charge is 0.421 e. The fourth-order valence-electron chi connectivity index (χ4n) is 1.56. The van der Waals surface area contributed by atoms with Gasteiger partial charge in [0.05, 0.1) is 0 Å². The third-order valence-corrected chi connectivity index (χ3v) is 2.85. The lowest BCUT2D eigenvalue weighted by Gasteiger charge is -1.97. The summed E-state index contributed by atoms with van der Waals surface area (Å²) in [6.07, 6.45) is 1.63. The molecule has 0 aliphatic carbocycles. The Balaban J connectivity index is 2.13. The molecule has 1 heterocycles. The fourth-order valence-corrected chi connectivity index (χ4v) is 2.03. The smallest absolute Gasteiger partial charge is 0.247 e. The molecule has 0 radical (unpaired) electrons.